The second-order valence-corrected chi connectivity index (χ2v) is 6.80. The van der Waals surface area contributed by atoms with Gasteiger partial charge in [-0.25, -0.2) is 0 Å². The van der Waals surface area contributed by atoms with Gasteiger partial charge >= 0.3 is 0 Å². The van der Waals surface area contributed by atoms with Crippen LogP contribution in [-0.4, -0.2) is 30.9 Å². The van der Waals surface area contributed by atoms with Crippen LogP contribution < -0.4 is 10.1 Å². The normalized spacial score (nSPS) is 13.3. The molecule has 1 aromatic carbocycles. The zero-order valence-electron chi connectivity index (χ0n) is 12.9. The third-order valence-corrected chi connectivity index (χ3v) is 3.43. The zero-order chi connectivity index (χ0) is 15.2. The molecular formula is C16H26ClNO2. The lowest BCUT2D eigenvalue weighted by atomic mass is 9.92. The summed E-state index contributed by atoms with van der Waals surface area (Å²) in [6.45, 7) is 10.3. The van der Waals surface area contributed by atoms with Gasteiger partial charge in [-0.3, -0.25) is 0 Å². The molecule has 1 aromatic rings. The molecular weight excluding hydrogens is 274 g/mol. The molecule has 2 N–H and O–H groups in total. The van der Waals surface area contributed by atoms with Gasteiger partial charge in [-0.2, -0.15) is 0 Å². The maximum absolute atomic E-state index is 9.85. The molecule has 0 radical (unpaired) electrons. The molecule has 1 rings (SSSR count). The topological polar surface area (TPSA) is 41.5 Å². The summed E-state index contributed by atoms with van der Waals surface area (Å²) < 4.78 is 5.55. The average Bonchev–Trinajstić information content (AvgIpc) is 2.35. The summed E-state index contributed by atoms with van der Waals surface area (Å²) in [7, 11) is 0. The number of halogens is 1. The van der Waals surface area contributed by atoms with Crippen molar-refractivity contribution in [1.29, 1.82) is 0 Å². The Balaban J connectivity index is 2.22. The minimum atomic E-state index is -0.508. The third kappa shape index (κ3) is 7.13. The molecule has 0 heterocycles. The van der Waals surface area contributed by atoms with Gasteiger partial charge in [-0.15, -0.1) is 0 Å². The minimum absolute atomic E-state index is 0.281. The molecule has 0 aliphatic heterocycles. The molecule has 20 heavy (non-hydrogen) atoms. The van der Waals surface area contributed by atoms with E-state index < -0.39 is 6.10 Å². The summed E-state index contributed by atoms with van der Waals surface area (Å²) in [4.78, 5) is 0. The van der Waals surface area contributed by atoms with Gasteiger partial charge in [-0.1, -0.05) is 32.4 Å². The van der Waals surface area contributed by atoms with E-state index in [4.69, 9.17) is 16.3 Å². The molecule has 0 bridgehead atoms. The molecule has 1 atom stereocenters. The summed E-state index contributed by atoms with van der Waals surface area (Å²) in [6.07, 6.45) is 0.572. The first-order valence-corrected chi connectivity index (χ1v) is 7.43. The van der Waals surface area contributed by atoms with Crippen molar-refractivity contribution in [2.24, 2.45) is 5.41 Å². The number of hydrogen-bond donors (Lipinski definition) is 2. The van der Waals surface area contributed by atoms with Crippen LogP contribution in [0.1, 0.15) is 32.8 Å². The highest BCUT2D eigenvalue weighted by Gasteiger charge is 2.10. The van der Waals surface area contributed by atoms with E-state index in [9.17, 15) is 5.11 Å². The van der Waals surface area contributed by atoms with Crippen LogP contribution in [0.4, 0.5) is 0 Å². The van der Waals surface area contributed by atoms with Crippen molar-refractivity contribution in [1.82, 2.24) is 5.32 Å². The van der Waals surface area contributed by atoms with Gasteiger partial charge in [0.1, 0.15) is 18.5 Å². The first kappa shape index (κ1) is 17.3. The van der Waals surface area contributed by atoms with Gasteiger partial charge in [0.05, 0.1) is 0 Å². The maximum Gasteiger partial charge on any atom is 0.119 e. The number of aliphatic hydroxyl groups excluding tert-OH is 1. The van der Waals surface area contributed by atoms with E-state index in [2.05, 4.69) is 26.1 Å². The summed E-state index contributed by atoms with van der Waals surface area (Å²) in [5.74, 6) is 0.737. The fourth-order valence-corrected chi connectivity index (χ4v) is 1.81. The lowest BCUT2D eigenvalue weighted by molar-refractivity contribution is 0.106. The fourth-order valence-electron chi connectivity index (χ4n) is 1.69. The van der Waals surface area contributed by atoms with Crippen molar-refractivity contribution in [2.45, 2.75) is 40.2 Å². The van der Waals surface area contributed by atoms with E-state index >= 15 is 0 Å². The van der Waals surface area contributed by atoms with Crippen LogP contribution in [-0.2, 0) is 0 Å². The van der Waals surface area contributed by atoms with E-state index in [1.54, 1.807) is 6.07 Å². The van der Waals surface area contributed by atoms with Crippen molar-refractivity contribution < 1.29 is 9.84 Å². The first-order valence-electron chi connectivity index (χ1n) is 7.06. The van der Waals surface area contributed by atoms with Crippen molar-refractivity contribution in [3.8, 4) is 5.75 Å². The lowest BCUT2D eigenvalue weighted by Crippen LogP contribution is -2.33. The molecule has 0 amide bonds. The first-order chi connectivity index (χ1) is 9.28. The van der Waals surface area contributed by atoms with Crippen LogP contribution in [0.25, 0.3) is 0 Å². The summed E-state index contributed by atoms with van der Waals surface area (Å²) in [5, 5.41) is 13.8. The van der Waals surface area contributed by atoms with E-state index in [1.807, 2.05) is 19.1 Å². The number of nitrogens with one attached hydrogen (secondary N) is 1. The molecule has 0 fully saturated rings. The third-order valence-electron chi connectivity index (χ3n) is 3.00. The van der Waals surface area contributed by atoms with Crippen LogP contribution in [0.3, 0.4) is 0 Å². The second kappa shape index (κ2) is 7.87. The number of hydrogen-bond acceptors (Lipinski definition) is 3. The Bertz CT molecular complexity index is 415. The van der Waals surface area contributed by atoms with Crippen molar-refractivity contribution in [3.05, 3.63) is 28.8 Å². The lowest BCUT2D eigenvalue weighted by Gasteiger charge is -2.19. The summed E-state index contributed by atoms with van der Waals surface area (Å²) in [6, 6.07) is 5.50. The van der Waals surface area contributed by atoms with Crippen LogP contribution in [0, 0.1) is 12.3 Å². The van der Waals surface area contributed by atoms with Crippen LogP contribution in [0.15, 0.2) is 18.2 Å². The molecule has 0 spiro atoms. The highest BCUT2D eigenvalue weighted by Crippen LogP contribution is 2.21. The molecule has 0 aromatic heterocycles. The predicted molar refractivity (Wildman–Crippen MR) is 84.6 cm³/mol. The van der Waals surface area contributed by atoms with Gasteiger partial charge in [0.25, 0.3) is 0 Å². The summed E-state index contributed by atoms with van der Waals surface area (Å²) in [5.41, 5.74) is 1.29. The summed E-state index contributed by atoms with van der Waals surface area (Å²) >= 11 is 5.95. The van der Waals surface area contributed by atoms with Gasteiger partial charge in [0.2, 0.25) is 0 Å². The van der Waals surface area contributed by atoms with Gasteiger partial charge < -0.3 is 15.2 Å². The smallest absolute Gasteiger partial charge is 0.119 e. The number of ether oxygens (including phenoxy) is 1. The number of benzene rings is 1. The van der Waals surface area contributed by atoms with Crippen molar-refractivity contribution >= 4 is 11.6 Å². The standard InChI is InChI=1S/C16H26ClNO2/c1-12-9-14(5-6-15(12)17)20-11-13(19)10-18-8-7-16(2,3)4/h5-6,9,13,18-19H,7-8,10-11H2,1-4H3. The highest BCUT2D eigenvalue weighted by molar-refractivity contribution is 6.31. The van der Waals surface area contributed by atoms with E-state index in [1.165, 1.54) is 0 Å². The largest absolute Gasteiger partial charge is 0.491 e. The highest BCUT2D eigenvalue weighted by atomic mass is 35.5. The molecule has 1 unspecified atom stereocenters. The van der Waals surface area contributed by atoms with Gasteiger partial charge in [-0.05, 0) is 49.1 Å². The van der Waals surface area contributed by atoms with Gasteiger partial charge in [0.15, 0.2) is 0 Å². The van der Waals surface area contributed by atoms with Crippen LogP contribution in [0.5, 0.6) is 5.75 Å². The van der Waals surface area contributed by atoms with Gasteiger partial charge in [0, 0.05) is 11.6 Å². The quantitative estimate of drug-likeness (QED) is 0.758. The number of rotatable bonds is 7. The van der Waals surface area contributed by atoms with E-state index in [0.717, 1.165) is 29.3 Å². The van der Waals surface area contributed by atoms with E-state index in [0.29, 0.717) is 12.0 Å². The predicted octanol–water partition coefficient (Wildman–Crippen LogP) is 3.41. The molecule has 0 aliphatic carbocycles. The van der Waals surface area contributed by atoms with E-state index in [-0.39, 0.29) is 6.61 Å². The van der Waals surface area contributed by atoms with Crippen LogP contribution in [0.2, 0.25) is 5.02 Å². The molecule has 4 heteroatoms. The van der Waals surface area contributed by atoms with Crippen molar-refractivity contribution in [3.63, 3.8) is 0 Å². The number of aryl methyl sites for hydroxylation is 1. The Hall–Kier alpha value is -0.770. The molecule has 114 valence electrons. The second-order valence-electron chi connectivity index (χ2n) is 6.39. The molecule has 0 saturated carbocycles. The Morgan fingerprint density at radius 3 is 2.65 bits per heavy atom. The molecule has 0 aliphatic rings. The van der Waals surface area contributed by atoms with Crippen LogP contribution >= 0.6 is 11.6 Å². The SMILES string of the molecule is Cc1cc(OCC(O)CNCCC(C)(C)C)ccc1Cl. The Morgan fingerprint density at radius 2 is 2.05 bits per heavy atom. The minimum Gasteiger partial charge on any atom is -0.491 e. The number of aliphatic hydroxyl groups is 1. The monoisotopic (exact) mass is 299 g/mol. The molecule has 3 nitrogen and oxygen atoms in total. The Labute approximate surface area is 127 Å². The Kier molecular flexibility index (Phi) is 6.80. The Morgan fingerprint density at radius 1 is 1.35 bits per heavy atom. The average molecular weight is 300 g/mol. The zero-order valence-corrected chi connectivity index (χ0v) is 13.6. The maximum atomic E-state index is 9.85. The fraction of sp³-hybridized carbons (Fsp3) is 0.625. The molecule has 0 saturated heterocycles. The van der Waals surface area contributed by atoms with Crippen molar-refractivity contribution in [2.75, 3.05) is 19.7 Å².